The van der Waals surface area contributed by atoms with Gasteiger partial charge in [-0.1, -0.05) is 83.9 Å². The molecule has 0 radical (unpaired) electrons. The third-order valence-corrected chi connectivity index (χ3v) is 10.8. The van der Waals surface area contributed by atoms with Gasteiger partial charge in [0.25, 0.3) is 0 Å². The minimum atomic E-state index is -1.04. The van der Waals surface area contributed by atoms with E-state index in [0.29, 0.717) is 22.9 Å². The van der Waals surface area contributed by atoms with Gasteiger partial charge in [0.1, 0.15) is 5.54 Å². The van der Waals surface area contributed by atoms with E-state index in [4.69, 9.17) is 23.2 Å². The van der Waals surface area contributed by atoms with Crippen molar-refractivity contribution in [1.29, 1.82) is 0 Å². The fourth-order valence-corrected chi connectivity index (χ4v) is 9.28. The van der Waals surface area contributed by atoms with Crippen LogP contribution in [0.15, 0.2) is 90.5 Å². The molecule has 2 aliphatic heterocycles. The quantitative estimate of drug-likeness (QED) is 0.224. The molecule has 5 heteroatoms. The number of benzene rings is 4. The van der Waals surface area contributed by atoms with Crippen molar-refractivity contribution in [2.45, 2.75) is 49.6 Å². The molecule has 4 aromatic rings. The SMILES string of the molecule is O=C1c2cccc3cccc(c23)[C@]12N1CCC[C@H]1[C@H](c1ccc(Cl)cc1)[C@]21CCC/C(=C\c2ccc(Cl)cc2)C1=O. The molecule has 4 aliphatic rings. The average molecular weight is 579 g/mol. The first-order valence-corrected chi connectivity index (χ1v) is 15.3. The molecule has 3 fully saturated rings. The van der Waals surface area contributed by atoms with Gasteiger partial charge in [0.2, 0.25) is 0 Å². The van der Waals surface area contributed by atoms with Crippen LogP contribution in [0, 0.1) is 5.41 Å². The van der Waals surface area contributed by atoms with Gasteiger partial charge in [0.05, 0.1) is 5.41 Å². The number of carbonyl (C=O) groups is 2. The number of carbonyl (C=O) groups excluding carboxylic acids is 2. The van der Waals surface area contributed by atoms with Crippen LogP contribution in [-0.2, 0) is 10.3 Å². The van der Waals surface area contributed by atoms with Crippen molar-refractivity contribution in [2.24, 2.45) is 5.41 Å². The van der Waals surface area contributed by atoms with E-state index in [1.54, 1.807) is 0 Å². The van der Waals surface area contributed by atoms with Crippen molar-refractivity contribution in [2.75, 3.05) is 6.54 Å². The fraction of sp³-hybridized carbons (Fsp3) is 0.278. The Hall–Kier alpha value is -3.24. The standard InChI is InChI=1S/C36H29Cl2NO2/c37-26-15-11-22(12-16-26)21-25-7-3-19-35(33(25)40)32(24-13-17-27(38)18-14-24)30-10-4-20-39(30)36(35)29-9-2-6-23-5-1-8-28(31(23)29)34(36)41/h1-2,5-6,8-9,11-18,21,30,32H,3-4,7,10,19-20H2/b25-21+/t30-,32-,35-,36-/m0/s1. The monoisotopic (exact) mass is 577 g/mol. The number of fused-ring (bicyclic) bond motifs is 4. The first-order chi connectivity index (χ1) is 20.0. The van der Waals surface area contributed by atoms with E-state index >= 15 is 9.59 Å². The molecular weight excluding hydrogens is 549 g/mol. The minimum Gasteiger partial charge on any atom is -0.294 e. The molecular formula is C36H29Cl2NO2. The second-order valence-corrected chi connectivity index (χ2v) is 12.9. The first-order valence-electron chi connectivity index (χ1n) is 14.6. The predicted octanol–water partition coefficient (Wildman–Crippen LogP) is 8.62. The van der Waals surface area contributed by atoms with Crippen molar-refractivity contribution in [3.63, 3.8) is 0 Å². The first kappa shape index (κ1) is 25.5. The van der Waals surface area contributed by atoms with Crippen LogP contribution < -0.4 is 0 Å². The number of hydrogen-bond acceptors (Lipinski definition) is 3. The van der Waals surface area contributed by atoms with Crippen LogP contribution in [0.5, 0.6) is 0 Å². The third-order valence-electron chi connectivity index (χ3n) is 10.3. The van der Waals surface area contributed by atoms with Crippen molar-refractivity contribution in [3.05, 3.63) is 123 Å². The number of hydrogen-bond donors (Lipinski definition) is 0. The minimum absolute atomic E-state index is 0.0866. The number of ketones is 2. The van der Waals surface area contributed by atoms with E-state index in [1.807, 2.05) is 54.6 Å². The van der Waals surface area contributed by atoms with Gasteiger partial charge in [-0.25, -0.2) is 0 Å². The molecule has 0 amide bonds. The maximum Gasteiger partial charge on any atom is 0.189 e. The Balaban J connectivity index is 1.44. The van der Waals surface area contributed by atoms with Crippen molar-refractivity contribution >= 4 is 51.6 Å². The average Bonchev–Trinajstić information content (AvgIpc) is 3.62. The van der Waals surface area contributed by atoms with Crippen LogP contribution in [0.3, 0.4) is 0 Å². The molecule has 0 unspecified atom stereocenters. The summed E-state index contributed by atoms with van der Waals surface area (Å²) in [6.45, 7) is 0.802. The second kappa shape index (κ2) is 9.13. The number of Topliss-reactive ketones (excluding diaryl/α,β-unsaturated/α-hetero) is 2. The van der Waals surface area contributed by atoms with Crippen LogP contribution in [-0.4, -0.2) is 29.1 Å². The van der Waals surface area contributed by atoms with Gasteiger partial charge in [-0.15, -0.1) is 0 Å². The summed E-state index contributed by atoms with van der Waals surface area (Å²) in [5, 5.41) is 3.42. The summed E-state index contributed by atoms with van der Waals surface area (Å²) in [6.07, 6.45) is 6.20. The van der Waals surface area contributed by atoms with Crippen molar-refractivity contribution in [3.8, 4) is 0 Å². The Labute approximate surface area is 249 Å². The molecule has 4 aromatic carbocycles. The smallest absolute Gasteiger partial charge is 0.189 e. The molecule has 2 aliphatic carbocycles. The normalized spacial score (nSPS) is 29.9. The summed E-state index contributed by atoms with van der Waals surface area (Å²) in [5.74, 6) is 0.0807. The lowest BCUT2D eigenvalue weighted by Crippen LogP contribution is -2.60. The Morgan fingerprint density at radius 1 is 0.805 bits per heavy atom. The number of rotatable bonds is 2. The molecule has 2 saturated heterocycles. The number of halogens is 2. The lowest BCUT2D eigenvalue weighted by molar-refractivity contribution is -0.132. The van der Waals surface area contributed by atoms with E-state index in [1.165, 1.54) is 0 Å². The Morgan fingerprint density at radius 2 is 1.51 bits per heavy atom. The molecule has 8 rings (SSSR count). The van der Waals surface area contributed by atoms with Gasteiger partial charge in [-0.3, -0.25) is 14.5 Å². The Morgan fingerprint density at radius 3 is 2.27 bits per heavy atom. The summed E-state index contributed by atoms with van der Waals surface area (Å²) in [5.41, 5.74) is 2.63. The zero-order valence-electron chi connectivity index (χ0n) is 22.6. The molecule has 2 spiro atoms. The highest BCUT2D eigenvalue weighted by atomic mass is 35.5. The molecule has 0 N–H and O–H groups in total. The maximum absolute atomic E-state index is 15.4. The van der Waals surface area contributed by atoms with Gasteiger partial charge in [-0.05, 0) is 102 Å². The second-order valence-electron chi connectivity index (χ2n) is 12.1. The van der Waals surface area contributed by atoms with E-state index in [9.17, 15) is 0 Å². The Bertz CT molecular complexity index is 1770. The molecule has 41 heavy (non-hydrogen) atoms. The van der Waals surface area contributed by atoms with Crippen LogP contribution >= 0.6 is 23.2 Å². The number of nitrogens with zero attached hydrogens (tertiary/aromatic N) is 1. The lowest BCUT2D eigenvalue weighted by Gasteiger charge is -2.50. The summed E-state index contributed by atoms with van der Waals surface area (Å²) >= 11 is 12.5. The number of allylic oxidation sites excluding steroid dienone is 1. The highest BCUT2D eigenvalue weighted by molar-refractivity contribution is 6.31. The van der Waals surface area contributed by atoms with Crippen LogP contribution in [0.2, 0.25) is 10.0 Å². The molecule has 1 saturated carbocycles. The van der Waals surface area contributed by atoms with Gasteiger partial charge < -0.3 is 0 Å². The van der Waals surface area contributed by atoms with Crippen LogP contribution in [0.25, 0.3) is 16.8 Å². The largest absolute Gasteiger partial charge is 0.294 e. The van der Waals surface area contributed by atoms with Gasteiger partial charge in [-0.2, -0.15) is 0 Å². The Kier molecular flexibility index (Phi) is 5.67. The predicted molar refractivity (Wildman–Crippen MR) is 165 cm³/mol. The van der Waals surface area contributed by atoms with E-state index in [0.717, 1.165) is 64.4 Å². The molecule has 3 nitrogen and oxygen atoms in total. The van der Waals surface area contributed by atoms with E-state index in [-0.39, 0.29) is 23.5 Å². The van der Waals surface area contributed by atoms with Gasteiger partial charge >= 0.3 is 0 Å². The van der Waals surface area contributed by atoms with Gasteiger partial charge in [0, 0.05) is 27.6 Å². The van der Waals surface area contributed by atoms with Crippen LogP contribution in [0.1, 0.15) is 65.1 Å². The zero-order chi connectivity index (χ0) is 27.9. The summed E-state index contributed by atoms with van der Waals surface area (Å²) < 4.78 is 0. The highest BCUT2D eigenvalue weighted by Crippen LogP contribution is 2.71. The summed E-state index contributed by atoms with van der Waals surface area (Å²) in [4.78, 5) is 33.0. The molecule has 4 atom stereocenters. The summed E-state index contributed by atoms with van der Waals surface area (Å²) in [6, 6.07) is 28.1. The summed E-state index contributed by atoms with van der Waals surface area (Å²) in [7, 11) is 0. The highest BCUT2D eigenvalue weighted by Gasteiger charge is 2.77. The maximum atomic E-state index is 15.4. The molecule has 204 valence electrons. The van der Waals surface area contributed by atoms with E-state index in [2.05, 4.69) is 41.3 Å². The van der Waals surface area contributed by atoms with Gasteiger partial charge in [0.15, 0.2) is 11.6 Å². The molecule has 0 bridgehead atoms. The molecule has 0 aromatic heterocycles. The van der Waals surface area contributed by atoms with E-state index < -0.39 is 11.0 Å². The van der Waals surface area contributed by atoms with Crippen molar-refractivity contribution in [1.82, 2.24) is 4.90 Å². The zero-order valence-corrected chi connectivity index (χ0v) is 24.1. The third kappa shape index (κ3) is 3.26. The van der Waals surface area contributed by atoms with Crippen LogP contribution in [0.4, 0.5) is 0 Å². The van der Waals surface area contributed by atoms with Crippen molar-refractivity contribution < 1.29 is 9.59 Å². The molecule has 2 heterocycles. The fourth-order valence-electron chi connectivity index (χ4n) is 9.03. The lowest BCUT2D eigenvalue weighted by atomic mass is 9.52. The topological polar surface area (TPSA) is 37.4 Å².